The van der Waals surface area contributed by atoms with Gasteiger partial charge in [-0.2, -0.15) is 0 Å². The molecule has 1 heterocycles. The molecular weight excluding hydrogens is 432 g/mol. The van der Waals surface area contributed by atoms with Gasteiger partial charge in [0, 0.05) is 25.1 Å². The van der Waals surface area contributed by atoms with E-state index in [1.807, 2.05) is 76.2 Å². The molecule has 7 nitrogen and oxygen atoms in total. The van der Waals surface area contributed by atoms with Crippen molar-refractivity contribution in [3.05, 3.63) is 59.7 Å². The van der Waals surface area contributed by atoms with E-state index < -0.39 is 6.09 Å². The topological polar surface area (TPSA) is 79.3 Å². The largest absolute Gasteiger partial charge is 0.447 e. The summed E-state index contributed by atoms with van der Waals surface area (Å²) in [6.45, 7) is 8.35. The lowest BCUT2D eigenvalue weighted by Gasteiger charge is -2.35. The Morgan fingerprint density at radius 1 is 1.12 bits per heavy atom. The van der Waals surface area contributed by atoms with Crippen LogP contribution in [0.25, 0.3) is 11.1 Å². The molecule has 2 amide bonds. The molecule has 34 heavy (non-hydrogen) atoms. The molecule has 0 spiro atoms. The molecule has 1 N–H and O–H groups in total. The Bertz CT molecular complexity index is 992. The van der Waals surface area contributed by atoms with Crippen molar-refractivity contribution in [3.63, 3.8) is 0 Å². The highest BCUT2D eigenvalue weighted by molar-refractivity contribution is 6.01. The second kappa shape index (κ2) is 11.5. The number of amides is 2. The summed E-state index contributed by atoms with van der Waals surface area (Å²) in [4.78, 5) is 29.4. The number of ether oxygens (including phenoxy) is 2. The predicted octanol–water partition coefficient (Wildman–Crippen LogP) is 4.19. The average molecular weight is 469 g/mol. The van der Waals surface area contributed by atoms with E-state index in [4.69, 9.17) is 9.47 Å². The maximum absolute atomic E-state index is 13.8. The van der Waals surface area contributed by atoms with Gasteiger partial charge in [0.25, 0.3) is 5.91 Å². The molecule has 2 aromatic rings. The normalized spacial score (nSPS) is 19.6. The summed E-state index contributed by atoms with van der Waals surface area (Å²) in [7, 11) is 1.69. The van der Waals surface area contributed by atoms with Gasteiger partial charge in [0.1, 0.15) is 0 Å². The fraction of sp³-hybridized carbons (Fsp3) is 0.481. The van der Waals surface area contributed by atoms with Crippen molar-refractivity contribution in [2.75, 3.05) is 26.7 Å². The molecule has 0 bridgehead atoms. The van der Waals surface area contributed by atoms with Gasteiger partial charge in [-0.3, -0.25) is 4.79 Å². The molecule has 3 atom stereocenters. The van der Waals surface area contributed by atoms with Crippen molar-refractivity contribution < 1.29 is 24.2 Å². The summed E-state index contributed by atoms with van der Waals surface area (Å²) in [5.41, 5.74) is 3.34. The average Bonchev–Trinajstić information content (AvgIpc) is 2.84. The number of nitrogens with zero attached hydrogens (tertiary/aromatic N) is 2. The van der Waals surface area contributed by atoms with E-state index in [0.717, 1.165) is 16.7 Å². The Morgan fingerprint density at radius 3 is 2.38 bits per heavy atom. The summed E-state index contributed by atoms with van der Waals surface area (Å²) >= 11 is 0. The van der Waals surface area contributed by atoms with Crippen LogP contribution in [0.15, 0.2) is 48.5 Å². The maximum atomic E-state index is 13.8. The first-order chi connectivity index (χ1) is 16.2. The molecule has 1 aliphatic rings. The lowest BCUT2D eigenvalue weighted by Crippen LogP contribution is -2.47. The molecule has 0 saturated heterocycles. The van der Waals surface area contributed by atoms with Crippen molar-refractivity contribution in [1.82, 2.24) is 9.80 Å². The molecule has 7 heteroatoms. The minimum atomic E-state index is -0.412. The van der Waals surface area contributed by atoms with Gasteiger partial charge in [-0.15, -0.1) is 0 Å². The van der Waals surface area contributed by atoms with Gasteiger partial charge in [0.05, 0.1) is 38.0 Å². The number of fused-ring (bicyclic) bond motifs is 3. The predicted molar refractivity (Wildman–Crippen MR) is 131 cm³/mol. The Labute approximate surface area is 202 Å². The van der Waals surface area contributed by atoms with Gasteiger partial charge < -0.3 is 24.4 Å². The zero-order valence-electron chi connectivity index (χ0n) is 20.7. The zero-order valence-corrected chi connectivity index (χ0v) is 20.7. The summed E-state index contributed by atoms with van der Waals surface area (Å²) in [5.74, 6) is -0.239. The third kappa shape index (κ3) is 5.96. The number of carbonyl (C=O) groups is 2. The van der Waals surface area contributed by atoms with Crippen molar-refractivity contribution in [3.8, 4) is 11.1 Å². The van der Waals surface area contributed by atoms with Crippen LogP contribution >= 0.6 is 0 Å². The van der Waals surface area contributed by atoms with Crippen molar-refractivity contribution >= 4 is 12.0 Å². The van der Waals surface area contributed by atoms with Crippen molar-refractivity contribution in [2.24, 2.45) is 5.92 Å². The molecule has 0 radical (unpaired) electrons. The first-order valence-electron chi connectivity index (χ1n) is 11.8. The molecule has 0 aromatic heterocycles. The number of benzene rings is 2. The Kier molecular flexibility index (Phi) is 8.69. The van der Waals surface area contributed by atoms with E-state index in [-0.39, 0.29) is 36.7 Å². The molecule has 0 fully saturated rings. The van der Waals surface area contributed by atoms with Crippen LogP contribution in [0.2, 0.25) is 0 Å². The molecular formula is C27H36N2O5. The molecule has 0 aliphatic carbocycles. The standard InChI is InChI=1S/C27H36N2O5/c1-18(2)34-27(32)28(5)15-25-19(3)14-29(20(4)16-30)26(31)24-13-9-8-12-23(24)22-11-7-6-10-21(22)17-33-25/h6-13,18-20,25,30H,14-17H2,1-5H3/t19-,20-,25+/m0/s1. The number of aliphatic hydroxyl groups is 1. The van der Waals surface area contributed by atoms with E-state index in [2.05, 4.69) is 0 Å². The lowest BCUT2D eigenvalue weighted by molar-refractivity contribution is -0.0245. The molecule has 184 valence electrons. The Morgan fingerprint density at radius 2 is 1.74 bits per heavy atom. The van der Waals surface area contributed by atoms with Crippen LogP contribution in [0.3, 0.4) is 0 Å². The first kappa shape index (κ1) is 25.7. The molecule has 0 saturated carbocycles. The highest BCUT2D eigenvalue weighted by Crippen LogP contribution is 2.31. The lowest BCUT2D eigenvalue weighted by atomic mass is 9.94. The van der Waals surface area contributed by atoms with Crippen LogP contribution in [0.4, 0.5) is 4.79 Å². The maximum Gasteiger partial charge on any atom is 0.409 e. The molecule has 1 aliphatic heterocycles. The summed E-state index contributed by atoms with van der Waals surface area (Å²) in [6, 6.07) is 15.1. The van der Waals surface area contributed by atoms with E-state index in [1.165, 1.54) is 4.90 Å². The van der Waals surface area contributed by atoms with E-state index in [1.54, 1.807) is 11.9 Å². The fourth-order valence-corrected chi connectivity index (χ4v) is 4.19. The molecule has 2 aromatic carbocycles. The van der Waals surface area contributed by atoms with Crippen LogP contribution in [0, 0.1) is 5.92 Å². The second-order valence-corrected chi connectivity index (χ2v) is 9.33. The number of rotatable bonds is 5. The molecule has 3 rings (SSSR count). The van der Waals surface area contributed by atoms with Gasteiger partial charge in [-0.05, 0) is 43.5 Å². The second-order valence-electron chi connectivity index (χ2n) is 9.33. The van der Waals surface area contributed by atoms with E-state index >= 15 is 0 Å². The van der Waals surface area contributed by atoms with Gasteiger partial charge >= 0.3 is 6.09 Å². The smallest absolute Gasteiger partial charge is 0.409 e. The fourth-order valence-electron chi connectivity index (χ4n) is 4.19. The van der Waals surface area contributed by atoms with Crippen molar-refractivity contribution in [2.45, 2.75) is 52.6 Å². The number of carbonyl (C=O) groups excluding carboxylic acids is 2. The van der Waals surface area contributed by atoms with E-state index in [9.17, 15) is 14.7 Å². The third-order valence-electron chi connectivity index (χ3n) is 6.20. The highest BCUT2D eigenvalue weighted by atomic mass is 16.6. The van der Waals surface area contributed by atoms with Gasteiger partial charge in [-0.1, -0.05) is 49.4 Å². The number of hydrogen-bond acceptors (Lipinski definition) is 5. The number of hydrogen-bond donors (Lipinski definition) is 1. The summed E-state index contributed by atoms with van der Waals surface area (Å²) in [5, 5.41) is 9.91. The zero-order chi connectivity index (χ0) is 24.8. The monoisotopic (exact) mass is 468 g/mol. The summed E-state index contributed by atoms with van der Waals surface area (Å²) in [6.07, 6.45) is -0.977. The Balaban J connectivity index is 2.02. The minimum Gasteiger partial charge on any atom is -0.447 e. The van der Waals surface area contributed by atoms with Gasteiger partial charge in [-0.25, -0.2) is 4.79 Å². The quantitative estimate of drug-likeness (QED) is 0.712. The van der Waals surface area contributed by atoms with Crippen LogP contribution in [0.5, 0.6) is 0 Å². The van der Waals surface area contributed by atoms with Crippen LogP contribution < -0.4 is 0 Å². The third-order valence-corrected chi connectivity index (χ3v) is 6.20. The highest BCUT2D eigenvalue weighted by Gasteiger charge is 2.31. The van der Waals surface area contributed by atoms with Crippen LogP contribution in [0.1, 0.15) is 43.6 Å². The van der Waals surface area contributed by atoms with E-state index in [0.29, 0.717) is 25.3 Å². The van der Waals surface area contributed by atoms with Crippen molar-refractivity contribution in [1.29, 1.82) is 0 Å². The summed E-state index contributed by atoms with van der Waals surface area (Å²) < 4.78 is 11.7. The first-order valence-corrected chi connectivity index (χ1v) is 11.8. The van der Waals surface area contributed by atoms with Crippen LogP contribution in [-0.4, -0.2) is 71.9 Å². The van der Waals surface area contributed by atoms with Gasteiger partial charge in [0.2, 0.25) is 0 Å². The number of likely N-dealkylation sites (N-methyl/N-ethyl adjacent to an activating group) is 1. The Hall–Kier alpha value is -2.90. The SMILES string of the molecule is CC(C)OC(=O)N(C)C[C@H]1OCc2ccccc2-c2ccccc2C(=O)N([C@@H](C)CO)C[C@@H]1C. The van der Waals surface area contributed by atoms with Gasteiger partial charge in [0.15, 0.2) is 0 Å². The number of aliphatic hydroxyl groups excluding tert-OH is 1. The van der Waals surface area contributed by atoms with Crippen LogP contribution in [-0.2, 0) is 16.1 Å². The minimum absolute atomic E-state index is 0.107. The molecule has 0 unspecified atom stereocenters.